The number of aliphatic hydroxyl groups excluding tert-OH is 1. The molecule has 6 atom stereocenters. The van der Waals surface area contributed by atoms with Crippen molar-refractivity contribution in [1.29, 1.82) is 0 Å². The highest BCUT2D eigenvalue weighted by atomic mass is 35.6. The van der Waals surface area contributed by atoms with Gasteiger partial charge in [0.1, 0.15) is 24.4 Å². The largest absolute Gasteiger partial charge is 0.388 e. The quantitative estimate of drug-likeness (QED) is 0.526. The Morgan fingerprint density at radius 2 is 2.04 bits per heavy atom. The summed E-state index contributed by atoms with van der Waals surface area (Å²) in [6.07, 6.45) is -2.77. The number of carbonyl (C=O) groups excluding carboxylic acids is 1. The van der Waals surface area contributed by atoms with Gasteiger partial charge in [0.25, 0.3) is 9.70 Å². The van der Waals surface area contributed by atoms with Crippen LogP contribution in [-0.4, -0.2) is 58.7 Å². The lowest BCUT2D eigenvalue weighted by Crippen LogP contribution is -2.67. The van der Waals surface area contributed by atoms with Crippen molar-refractivity contribution >= 4 is 40.7 Å². The number of amides is 1. The molecule has 1 aromatic carbocycles. The average Bonchev–Trinajstić information content (AvgIpc) is 2.68. The maximum Gasteiger partial charge on any atom is 0.272 e. The molecule has 1 amide bonds. The maximum absolute atomic E-state index is 12.1. The fraction of sp³-hybridized carbons (Fsp3) is 0.500. The van der Waals surface area contributed by atoms with Crippen molar-refractivity contribution in [2.45, 2.75) is 40.7 Å². The zero-order valence-electron chi connectivity index (χ0n) is 14.7. The first-order valence-corrected chi connectivity index (χ1v) is 9.70. The van der Waals surface area contributed by atoms with E-state index in [1.54, 1.807) is 0 Å². The summed E-state index contributed by atoms with van der Waals surface area (Å²) in [6, 6.07) is 8.24. The van der Waals surface area contributed by atoms with E-state index >= 15 is 0 Å². The molecule has 3 rings (SSSR count). The van der Waals surface area contributed by atoms with Gasteiger partial charge in [0.05, 0.1) is 13.2 Å². The van der Waals surface area contributed by atoms with Crippen molar-refractivity contribution in [3.8, 4) is 0 Å². The molecule has 7 nitrogen and oxygen atoms in total. The summed E-state index contributed by atoms with van der Waals surface area (Å²) in [5.41, 5.74) is 0.792. The van der Waals surface area contributed by atoms with Crippen molar-refractivity contribution in [2.24, 2.45) is 0 Å². The summed E-state index contributed by atoms with van der Waals surface area (Å²) in [5.74, 6) is -0.914. The van der Waals surface area contributed by atoms with Crippen LogP contribution in [-0.2, 0) is 23.7 Å². The van der Waals surface area contributed by atoms with E-state index in [1.165, 1.54) is 6.08 Å². The molecule has 0 saturated carbocycles. The Balaban J connectivity index is 1.77. The first kappa shape index (κ1) is 21.8. The molecule has 0 spiro atoms. The van der Waals surface area contributed by atoms with Crippen LogP contribution < -0.4 is 5.32 Å². The SMILES string of the molecule is C=CCO[C@@H]1O[C@@H]2COC(c3ccccc3)O[C@H]2[C@H](O)[C@H]1NC(=O)C(Cl)(Cl)Cl. The van der Waals surface area contributed by atoms with E-state index in [0.29, 0.717) is 0 Å². The highest BCUT2D eigenvalue weighted by molar-refractivity contribution is 6.76. The topological polar surface area (TPSA) is 86.2 Å². The van der Waals surface area contributed by atoms with Gasteiger partial charge in [-0.3, -0.25) is 4.79 Å². The predicted octanol–water partition coefficient (Wildman–Crippen LogP) is 2.24. The van der Waals surface area contributed by atoms with Gasteiger partial charge in [-0.1, -0.05) is 71.2 Å². The van der Waals surface area contributed by atoms with Crippen LogP contribution in [0.3, 0.4) is 0 Å². The van der Waals surface area contributed by atoms with Gasteiger partial charge in [0, 0.05) is 5.56 Å². The second kappa shape index (κ2) is 9.28. The standard InChI is InChI=1S/C18H20Cl3NO6/c1-2-8-25-16-12(22-17(24)18(19,20)21)13(23)14-11(27-16)9-26-15(28-14)10-6-4-3-5-7-10/h2-7,11-16,23H,1,8-9H2,(H,22,24)/t11-,12-,13-,14-,15?,16-/m1/s1. The summed E-state index contributed by atoms with van der Waals surface area (Å²) in [6.45, 7) is 3.87. The molecule has 1 unspecified atom stereocenters. The van der Waals surface area contributed by atoms with Crippen LogP contribution in [0.4, 0.5) is 0 Å². The maximum atomic E-state index is 12.1. The van der Waals surface area contributed by atoms with E-state index in [1.807, 2.05) is 30.3 Å². The number of hydrogen-bond acceptors (Lipinski definition) is 6. The summed E-state index contributed by atoms with van der Waals surface area (Å²) >= 11 is 16.9. The molecule has 0 radical (unpaired) electrons. The normalized spacial score (nSPS) is 33.0. The number of hydrogen-bond donors (Lipinski definition) is 2. The van der Waals surface area contributed by atoms with E-state index < -0.39 is 46.6 Å². The lowest BCUT2D eigenvalue weighted by atomic mass is 9.95. The third kappa shape index (κ3) is 4.98. The monoisotopic (exact) mass is 451 g/mol. The van der Waals surface area contributed by atoms with Gasteiger partial charge in [-0.2, -0.15) is 0 Å². The van der Waals surface area contributed by atoms with Gasteiger partial charge >= 0.3 is 0 Å². The minimum atomic E-state index is -2.21. The summed E-state index contributed by atoms with van der Waals surface area (Å²) < 4.78 is 20.8. The Hall–Kier alpha value is -0.900. The van der Waals surface area contributed by atoms with Gasteiger partial charge in [-0.05, 0) is 0 Å². The summed E-state index contributed by atoms with van der Waals surface area (Å²) in [5, 5.41) is 13.4. The number of halogens is 3. The lowest BCUT2D eigenvalue weighted by Gasteiger charge is -2.47. The third-order valence-corrected chi connectivity index (χ3v) is 4.89. The Bertz CT molecular complexity index is 686. The third-order valence-electron chi connectivity index (χ3n) is 4.37. The van der Waals surface area contributed by atoms with Crippen molar-refractivity contribution in [1.82, 2.24) is 5.32 Å². The summed E-state index contributed by atoms with van der Waals surface area (Å²) in [4.78, 5) is 12.1. The van der Waals surface area contributed by atoms with Crippen LogP contribution in [0.15, 0.2) is 43.0 Å². The van der Waals surface area contributed by atoms with E-state index in [4.69, 9.17) is 53.8 Å². The van der Waals surface area contributed by atoms with Crippen LogP contribution in [0, 0.1) is 0 Å². The van der Waals surface area contributed by atoms with Crippen molar-refractivity contribution in [3.63, 3.8) is 0 Å². The number of nitrogens with one attached hydrogen (secondary N) is 1. The molecule has 2 N–H and O–H groups in total. The van der Waals surface area contributed by atoms with Gasteiger partial charge in [0.15, 0.2) is 12.6 Å². The smallest absolute Gasteiger partial charge is 0.272 e. The molecule has 28 heavy (non-hydrogen) atoms. The van der Waals surface area contributed by atoms with Crippen molar-refractivity contribution in [3.05, 3.63) is 48.6 Å². The zero-order chi connectivity index (χ0) is 20.3. The number of benzene rings is 1. The van der Waals surface area contributed by atoms with Gasteiger partial charge in [0.2, 0.25) is 0 Å². The molecule has 0 aromatic heterocycles. The Morgan fingerprint density at radius 1 is 1.32 bits per heavy atom. The molecule has 2 aliphatic heterocycles. The lowest BCUT2D eigenvalue weighted by molar-refractivity contribution is -0.343. The number of rotatable bonds is 5. The van der Waals surface area contributed by atoms with Gasteiger partial charge in [-0.25, -0.2) is 0 Å². The van der Waals surface area contributed by atoms with Crippen LogP contribution in [0.5, 0.6) is 0 Å². The molecule has 2 heterocycles. The number of alkyl halides is 3. The van der Waals surface area contributed by atoms with Gasteiger partial charge in [-0.15, -0.1) is 6.58 Å². The first-order valence-electron chi connectivity index (χ1n) is 8.57. The molecular weight excluding hydrogens is 433 g/mol. The van der Waals surface area contributed by atoms with E-state index in [0.717, 1.165) is 5.56 Å². The second-order valence-corrected chi connectivity index (χ2v) is 8.61. The Labute approximate surface area is 177 Å². The van der Waals surface area contributed by atoms with E-state index in [9.17, 15) is 9.90 Å². The number of ether oxygens (including phenoxy) is 4. The zero-order valence-corrected chi connectivity index (χ0v) is 16.9. The van der Waals surface area contributed by atoms with Crippen LogP contribution >= 0.6 is 34.8 Å². The first-order chi connectivity index (χ1) is 13.3. The minimum Gasteiger partial charge on any atom is -0.388 e. The van der Waals surface area contributed by atoms with Crippen LogP contribution in [0.2, 0.25) is 0 Å². The molecule has 0 bridgehead atoms. The predicted molar refractivity (Wildman–Crippen MR) is 103 cm³/mol. The molecule has 1 aromatic rings. The highest BCUT2D eigenvalue weighted by Gasteiger charge is 2.51. The molecule has 2 aliphatic rings. The van der Waals surface area contributed by atoms with Gasteiger partial charge < -0.3 is 29.4 Å². The fourth-order valence-electron chi connectivity index (χ4n) is 3.06. The van der Waals surface area contributed by atoms with E-state index in [2.05, 4.69) is 11.9 Å². The van der Waals surface area contributed by atoms with Crippen LogP contribution in [0.25, 0.3) is 0 Å². The van der Waals surface area contributed by atoms with Crippen molar-refractivity contribution in [2.75, 3.05) is 13.2 Å². The second-order valence-electron chi connectivity index (χ2n) is 6.33. The van der Waals surface area contributed by atoms with Crippen molar-refractivity contribution < 1.29 is 28.8 Å². The minimum absolute atomic E-state index is 0.128. The average molecular weight is 453 g/mol. The molecule has 154 valence electrons. The number of aliphatic hydroxyl groups is 1. The number of carbonyl (C=O) groups is 1. The molecule has 10 heteroatoms. The summed E-state index contributed by atoms with van der Waals surface area (Å²) in [7, 11) is 0. The Kier molecular flexibility index (Phi) is 7.22. The molecule has 2 fully saturated rings. The number of fused-ring (bicyclic) bond motifs is 1. The highest BCUT2D eigenvalue weighted by Crippen LogP contribution is 2.35. The molecule has 0 aliphatic carbocycles. The van der Waals surface area contributed by atoms with Crippen LogP contribution in [0.1, 0.15) is 11.9 Å². The molecular formula is C18H20Cl3NO6. The van der Waals surface area contributed by atoms with E-state index in [-0.39, 0.29) is 13.2 Å². The molecule has 2 saturated heterocycles. The Morgan fingerprint density at radius 3 is 2.68 bits per heavy atom. The fourth-order valence-corrected chi connectivity index (χ4v) is 3.23.